The summed E-state index contributed by atoms with van der Waals surface area (Å²) in [6.07, 6.45) is 4.34. The number of amides is 1. The van der Waals surface area contributed by atoms with Crippen molar-refractivity contribution in [3.8, 4) is 11.1 Å². The largest absolute Gasteiger partial charge is 0.362 e. The van der Waals surface area contributed by atoms with Gasteiger partial charge in [0.1, 0.15) is 0 Å². The third kappa shape index (κ3) is 3.14. The van der Waals surface area contributed by atoms with Gasteiger partial charge in [-0.25, -0.2) is 4.68 Å². The number of aromatic nitrogens is 2. The Balaban J connectivity index is 1.71. The van der Waals surface area contributed by atoms with E-state index in [1.54, 1.807) is 12.4 Å². The molecule has 3 aliphatic rings. The summed E-state index contributed by atoms with van der Waals surface area (Å²) < 4.78 is 16.5. The number of hydrogen-bond donors (Lipinski definition) is 2. The van der Waals surface area contributed by atoms with Crippen molar-refractivity contribution in [2.24, 2.45) is 10.2 Å². The zero-order chi connectivity index (χ0) is 23.5. The van der Waals surface area contributed by atoms with Gasteiger partial charge in [0.05, 0.1) is 28.9 Å². The molecule has 2 N–H and O–H groups in total. The van der Waals surface area contributed by atoms with Gasteiger partial charge in [0.25, 0.3) is 5.91 Å². The first kappa shape index (κ1) is 21.6. The van der Waals surface area contributed by atoms with Crippen LogP contribution in [0.2, 0.25) is 0 Å². The normalized spacial score (nSPS) is 25.5. The summed E-state index contributed by atoms with van der Waals surface area (Å²) in [5.74, 6) is -0.455. The van der Waals surface area contributed by atoms with E-state index >= 15 is 4.39 Å². The second-order valence-corrected chi connectivity index (χ2v) is 9.96. The van der Waals surface area contributed by atoms with Crippen molar-refractivity contribution in [2.75, 3.05) is 0 Å². The molecule has 4 heterocycles. The Morgan fingerprint density at radius 1 is 1.30 bits per heavy atom. The fourth-order valence-electron chi connectivity index (χ4n) is 5.46. The van der Waals surface area contributed by atoms with Gasteiger partial charge in [-0.3, -0.25) is 4.79 Å². The van der Waals surface area contributed by atoms with Crippen LogP contribution in [-0.4, -0.2) is 27.4 Å². The fraction of sp³-hybridized carbons (Fsp3) is 0.440. The molecule has 33 heavy (non-hydrogen) atoms. The highest BCUT2D eigenvalue weighted by Gasteiger charge is 2.53. The van der Waals surface area contributed by atoms with Gasteiger partial charge < -0.3 is 10.6 Å². The van der Waals surface area contributed by atoms with E-state index in [9.17, 15) is 4.79 Å². The Morgan fingerprint density at radius 3 is 2.79 bits per heavy atom. The van der Waals surface area contributed by atoms with E-state index in [1.807, 2.05) is 52.0 Å². The van der Waals surface area contributed by atoms with E-state index in [1.165, 1.54) is 4.68 Å². The summed E-state index contributed by atoms with van der Waals surface area (Å²) in [5, 5.41) is 19.4. The maximum atomic E-state index is 15.1. The Morgan fingerprint density at radius 2 is 2.09 bits per heavy atom. The Kier molecular flexibility index (Phi) is 4.81. The maximum absolute atomic E-state index is 15.1. The van der Waals surface area contributed by atoms with Crippen LogP contribution in [0.25, 0.3) is 11.1 Å². The van der Waals surface area contributed by atoms with E-state index in [-0.39, 0.29) is 29.6 Å². The molecule has 0 radical (unpaired) electrons. The van der Waals surface area contributed by atoms with Gasteiger partial charge in [-0.2, -0.15) is 19.7 Å². The molecule has 8 heteroatoms. The summed E-state index contributed by atoms with van der Waals surface area (Å²) in [6.45, 7) is 9.90. The molecule has 1 amide bonds. The monoisotopic (exact) mass is 448 g/mol. The first-order valence-electron chi connectivity index (χ1n) is 11.4. The van der Waals surface area contributed by atoms with Gasteiger partial charge in [-0.05, 0) is 51.3 Å². The Bertz CT molecular complexity index is 1240. The zero-order valence-corrected chi connectivity index (χ0v) is 19.6. The molecule has 0 fully saturated rings. The lowest BCUT2D eigenvalue weighted by Gasteiger charge is -2.48. The predicted octanol–water partition coefficient (Wildman–Crippen LogP) is 4.75. The molecule has 7 nitrogen and oxygen atoms in total. The zero-order valence-electron chi connectivity index (χ0n) is 19.6. The van der Waals surface area contributed by atoms with Crippen molar-refractivity contribution in [3.63, 3.8) is 0 Å². The third-order valence-corrected chi connectivity index (χ3v) is 6.92. The number of nitrogens with zero attached hydrogens (tertiary/aromatic N) is 4. The molecule has 1 aromatic heterocycles. The molecule has 0 spiro atoms. The van der Waals surface area contributed by atoms with Gasteiger partial charge in [0.15, 0.2) is 6.17 Å². The quantitative estimate of drug-likeness (QED) is 0.708. The van der Waals surface area contributed by atoms with Crippen LogP contribution in [0.3, 0.4) is 0 Å². The van der Waals surface area contributed by atoms with Crippen molar-refractivity contribution < 1.29 is 9.18 Å². The minimum absolute atomic E-state index is 0.0806. The molecule has 1 unspecified atom stereocenters. The number of carbonyl (C=O) groups is 1. The number of fused-ring (bicyclic) bond motifs is 1. The number of nitrogens with one attached hydrogen (secondary N) is 2. The summed E-state index contributed by atoms with van der Waals surface area (Å²) >= 11 is 0. The first-order chi connectivity index (χ1) is 15.7. The van der Waals surface area contributed by atoms with Crippen LogP contribution >= 0.6 is 0 Å². The first-order valence-corrected chi connectivity index (χ1v) is 11.4. The molecule has 0 saturated heterocycles. The van der Waals surface area contributed by atoms with E-state index in [0.29, 0.717) is 24.0 Å². The maximum Gasteiger partial charge on any atom is 0.250 e. The third-order valence-electron chi connectivity index (χ3n) is 6.92. The van der Waals surface area contributed by atoms with E-state index in [4.69, 9.17) is 0 Å². The number of benzene rings is 1. The van der Waals surface area contributed by atoms with Crippen molar-refractivity contribution >= 4 is 5.91 Å². The molecule has 172 valence electrons. The second kappa shape index (κ2) is 7.37. The van der Waals surface area contributed by atoms with Crippen molar-refractivity contribution in [3.05, 3.63) is 65.0 Å². The number of carbonyl (C=O) groups excluding carboxylic acids is 1. The average Bonchev–Trinajstić information content (AvgIpc) is 3.38. The van der Waals surface area contributed by atoms with Crippen LogP contribution in [-0.2, 0) is 10.2 Å². The number of hydrogen-bond acceptors (Lipinski definition) is 5. The molecule has 0 aliphatic carbocycles. The number of halogens is 1. The van der Waals surface area contributed by atoms with Crippen LogP contribution in [0, 0.1) is 5.95 Å². The molecule has 0 saturated carbocycles. The Labute approximate surface area is 192 Å². The van der Waals surface area contributed by atoms with Gasteiger partial charge >= 0.3 is 0 Å². The lowest BCUT2D eigenvalue weighted by molar-refractivity contribution is -0.120. The highest BCUT2D eigenvalue weighted by Crippen LogP contribution is 2.51. The fourth-order valence-corrected chi connectivity index (χ4v) is 5.46. The number of rotatable bonds is 4. The minimum Gasteiger partial charge on any atom is -0.362 e. The molecule has 1 aromatic carbocycles. The summed E-state index contributed by atoms with van der Waals surface area (Å²) in [4.78, 5) is 13.5. The lowest BCUT2D eigenvalue weighted by Crippen LogP contribution is -2.58. The van der Waals surface area contributed by atoms with Crippen LogP contribution in [0.1, 0.15) is 59.1 Å². The van der Waals surface area contributed by atoms with Gasteiger partial charge in [0.2, 0.25) is 5.95 Å². The molecule has 3 aliphatic heterocycles. The summed E-state index contributed by atoms with van der Waals surface area (Å²) in [7, 11) is 0. The summed E-state index contributed by atoms with van der Waals surface area (Å²) in [5.41, 5.74) is 3.56. The molecule has 0 bridgehead atoms. The second-order valence-electron chi connectivity index (χ2n) is 9.96. The van der Waals surface area contributed by atoms with Gasteiger partial charge in [-0.1, -0.05) is 25.1 Å². The van der Waals surface area contributed by atoms with Crippen LogP contribution < -0.4 is 10.6 Å². The van der Waals surface area contributed by atoms with E-state index in [2.05, 4.69) is 32.9 Å². The van der Waals surface area contributed by atoms with Gasteiger partial charge in [0, 0.05) is 29.3 Å². The predicted molar refractivity (Wildman–Crippen MR) is 124 cm³/mol. The van der Waals surface area contributed by atoms with Crippen molar-refractivity contribution in [1.29, 1.82) is 0 Å². The highest BCUT2D eigenvalue weighted by atomic mass is 19.1. The molecule has 5 rings (SSSR count). The lowest BCUT2D eigenvalue weighted by atomic mass is 9.62. The molecule has 2 atom stereocenters. The van der Waals surface area contributed by atoms with Crippen molar-refractivity contribution in [2.45, 2.75) is 70.6 Å². The van der Waals surface area contributed by atoms with Crippen LogP contribution in [0.4, 0.5) is 4.39 Å². The van der Waals surface area contributed by atoms with E-state index in [0.717, 1.165) is 22.4 Å². The molecule has 2 aromatic rings. The Hall–Kier alpha value is -3.29. The van der Waals surface area contributed by atoms with Crippen LogP contribution in [0.5, 0.6) is 0 Å². The van der Waals surface area contributed by atoms with Crippen LogP contribution in [0.15, 0.2) is 63.7 Å². The standard InChI is InChI=1S/C25H29FN6O/c1-6-25(16-9-7-8-15(10-16)17-12-28-32(14(2)3)21(17)26)18-13-27-31-22(18)29-19-11-24(4,5)30-23(33)20(19)25/h7-10,12-14,22,29H,6,11H2,1-5H3,(H,30,33)/t22?,25-/m1/s1. The number of azo groups is 1. The molecular formula is C25H29FN6O. The SMILES string of the molecule is CC[C@@]1(c2cccc(-c3cnn(C(C)C)c3F)c2)C2=CN=NC2NC2=C1C(=O)NC(C)(C)C2. The summed E-state index contributed by atoms with van der Waals surface area (Å²) in [6, 6.07) is 7.71. The smallest absolute Gasteiger partial charge is 0.250 e. The molecular weight excluding hydrogens is 419 g/mol. The van der Waals surface area contributed by atoms with Crippen molar-refractivity contribution in [1.82, 2.24) is 20.4 Å². The average molecular weight is 449 g/mol. The minimum atomic E-state index is -0.712. The topological polar surface area (TPSA) is 83.7 Å². The van der Waals surface area contributed by atoms with E-state index < -0.39 is 5.41 Å². The van der Waals surface area contributed by atoms with Gasteiger partial charge in [-0.15, -0.1) is 0 Å². The highest BCUT2D eigenvalue weighted by molar-refractivity contribution is 6.00.